The number of nitrogens with one attached hydrogen (secondary N) is 1. The van der Waals surface area contributed by atoms with Crippen LogP contribution in [0, 0.1) is 0 Å². The molecule has 0 fully saturated rings. The molecule has 0 saturated heterocycles. The lowest BCUT2D eigenvalue weighted by molar-refractivity contribution is 0.181. The van der Waals surface area contributed by atoms with E-state index in [1.807, 2.05) is 30.6 Å². The van der Waals surface area contributed by atoms with Crippen LogP contribution in [0.25, 0.3) is 22.0 Å². The predicted octanol–water partition coefficient (Wildman–Crippen LogP) is 2.43. The molecule has 0 amide bonds. The van der Waals surface area contributed by atoms with Crippen LogP contribution in [0.5, 0.6) is 0 Å². The zero-order valence-corrected chi connectivity index (χ0v) is 17.8. The van der Waals surface area contributed by atoms with E-state index < -0.39 is 9.84 Å². The minimum Gasteiger partial charge on any atom is -0.383 e. The van der Waals surface area contributed by atoms with E-state index >= 15 is 0 Å². The largest absolute Gasteiger partial charge is 0.383 e. The Morgan fingerprint density at radius 3 is 2.72 bits per heavy atom. The van der Waals surface area contributed by atoms with Gasteiger partial charge >= 0.3 is 0 Å². The molecule has 4 rings (SSSR count). The van der Waals surface area contributed by atoms with Crippen LogP contribution in [0.3, 0.4) is 0 Å². The van der Waals surface area contributed by atoms with E-state index in [1.165, 1.54) is 6.26 Å². The maximum atomic E-state index is 12.6. The second kappa shape index (κ2) is 7.03. The smallest absolute Gasteiger partial charge is 0.274 e. The number of anilines is 1. The molecule has 1 aliphatic rings. The summed E-state index contributed by atoms with van der Waals surface area (Å²) in [5, 5.41) is 0.901. The van der Waals surface area contributed by atoms with Crippen molar-refractivity contribution in [2.45, 2.75) is 25.3 Å². The van der Waals surface area contributed by atoms with Crippen molar-refractivity contribution in [3.05, 3.63) is 52.1 Å². The Morgan fingerprint density at radius 2 is 2.03 bits per heavy atom. The van der Waals surface area contributed by atoms with Gasteiger partial charge in [0.2, 0.25) is 0 Å². The summed E-state index contributed by atoms with van der Waals surface area (Å²) in [6, 6.07) is 5.88. The van der Waals surface area contributed by atoms with Gasteiger partial charge in [0.25, 0.3) is 5.56 Å². The van der Waals surface area contributed by atoms with Crippen molar-refractivity contribution in [2.75, 3.05) is 24.9 Å². The lowest BCUT2D eigenvalue weighted by Crippen LogP contribution is -2.35. The number of hydrogen-bond acceptors (Lipinski definition) is 5. The first-order chi connectivity index (χ1) is 13.7. The minimum atomic E-state index is -3.16. The Balaban J connectivity index is 2.02. The van der Waals surface area contributed by atoms with E-state index in [0.29, 0.717) is 18.7 Å². The summed E-state index contributed by atoms with van der Waals surface area (Å²) in [6.07, 6.45) is 4.97. The average Bonchev–Trinajstić information content (AvgIpc) is 3.00. The summed E-state index contributed by atoms with van der Waals surface area (Å²) in [5.41, 5.74) is 5.11. The van der Waals surface area contributed by atoms with Gasteiger partial charge in [0.15, 0.2) is 9.84 Å². The zero-order chi connectivity index (χ0) is 20.9. The van der Waals surface area contributed by atoms with Crippen molar-refractivity contribution < 1.29 is 13.2 Å². The number of rotatable bonds is 5. The number of pyridine rings is 1. The molecular weight excluding hydrogens is 390 g/mol. The van der Waals surface area contributed by atoms with Crippen LogP contribution in [-0.4, -0.2) is 44.0 Å². The third-order valence-corrected chi connectivity index (χ3v) is 6.32. The Labute approximate surface area is 169 Å². The standard InChI is InChI=1S/C21H25N3O4S/c1-13(11-28-3)24-9-15-8-22-20-19(15)17(10-23(2)21(20)25)16-7-14(5-6-18(16)24)12-29(4,26)27/h5-8,10,13,22H,9,11-12H2,1-4H3. The second-order valence-corrected chi connectivity index (χ2v) is 10.0. The Kier molecular flexibility index (Phi) is 4.78. The summed E-state index contributed by atoms with van der Waals surface area (Å²) in [7, 11) is 0.246. The molecule has 7 nitrogen and oxygen atoms in total. The monoisotopic (exact) mass is 415 g/mol. The summed E-state index contributed by atoms with van der Waals surface area (Å²) in [6.45, 7) is 3.27. The fourth-order valence-corrected chi connectivity index (χ4v) is 4.98. The van der Waals surface area contributed by atoms with E-state index in [-0.39, 0.29) is 17.4 Å². The molecular formula is C21H25N3O4S. The normalized spacial score (nSPS) is 14.7. The van der Waals surface area contributed by atoms with Gasteiger partial charge in [-0.1, -0.05) is 6.07 Å². The summed E-state index contributed by atoms with van der Waals surface area (Å²) in [5.74, 6) is -0.0250. The second-order valence-electron chi connectivity index (χ2n) is 7.88. The van der Waals surface area contributed by atoms with Crippen molar-refractivity contribution in [2.24, 2.45) is 7.05 Å². The molecule has 1 aromatic carbocycles. The maximum Gasteiger partial charge on any atom is 0.274 e. The van der Waals surface area contributed by atoms with Crippen LogP contribution in [-0.2, 0) is 33.9 Å². The number of hydrogen-bond donors (Lipinski definition) is 1. The first-order valence-electron chi connectivity index (χ1n) is 9.46. The van der Waals surface area contributed by atoms with E-state index in [2.05, 4.69) is 16.8 Å². The van der Waals surface area contributed by atoms with Gasteiger partial charge in [-0.15, -0.1) is 0 Å². The fraction of sp³-hybridized carbons (Fsp3) is 0.381. The van der Waals surface area contributed by atoms with Gasteiger partial charge in [-0.05, 0) is 30.2 Å². The van der Waals surface area contributed by atoms with Gasteiger partial charge in [-0.2, -0.15) is 0 Å². The van der Waals surface area contributed by atoms with Gasteiger partial charge < -0.3 is 19.2 Å². The number of fused-ring (bicyclic) bond motifs is 2. The average molecular weight is 416 g/mol. The van der Waals surface area contributed by atoms with E-state index in [9.17, 15) is 13.2 Å². The molecule has 3 heterocycles. The number of aromatic amines is 1. The van der Waals surface area contributed by atoms with Crippen molar-refractivity contribution >= 4 is 26.4 Å². The van der Waals surface area contributed by atoms with Crippen LogP contribution < -0.4 is 10.5 Å². The highest BCUT2D eigenvalue weighted by atomic mass is 32.2. The molecule has 0 aliphatic carbocycles. The number of nitrogens with zero attached hydrogens (tertiary/aromatic N) is 2. The highest BCUT2D eigenvalue weighted by Crippen LogP contribution is 2.41. The van der Waals surface area contributed by atoms with Crippen LogP contribution in [0.4, 0.5) is 5.69 Å². The number of benzene rings is 1. The number of aryl methyl sites for hydroxylation is 1. The lowest BCUT2D eigenvalue weighted by atomic mass is 9.99. The van der Waals surface area contributed by atoms with E-state index in [0.717, 1.165) is 33.3 Å². The number of methoxy groups -OCH3 is 1. The molecule has 1 atom stereocenters. The van der Waals surface area contributed by atoms with Crippen molar-refractivity contribution in [3.63, 3.8) is 0 Å². The van der Waals surface area contributed by atoms with Gasteiger partial charge in [-0.3, -0.25) is 4.79 Å². The number of ether oxygens (including phenoxy) is 1. The SMILES string of the molecule is COCC(C)N1Cc2c[nH]c3c(=O)n(C)cc(c23)-c2cc(CS(C)(=O)=O)ccc21. The van der Waals surface area contributed by atoms with Gasteiger partial charge in [0, 0.05) is 67.6 Å². The molecule has 1 aliphatic heterocycles. The van der Waals surface area contributed by atoms with Crippen molar-refractivity contribution in [1.29, 1.82) is 0 Å². The summed E-state index contributed by atoms with van der Waals surface area (Å²) in [4.78, 5) is 18.0. The third kappa shape index (κ3) is 3.47. The molecule has 0 bridgehead atoms. The number of H-pyrrole nitrogens is 1. The van der Waals surface area contributed by atoms with Crippen LogP contribution >= 0.6 is 0 Å². The topological polar surface area (TPSA) is 84.4 Å². The van der Waals surface area contributed by atoms with Crippen LogP contribution in [0.15, 0.2) is 35.4 Å². The Bertz CT molecular complexity index is 1260. The van der Waals surface area contributed by atoms with Crippen LogP contribution in [0.2, 0.25) is 0 Å². The minimum absolute atomic E-state index is 0.0250. The van der Waals surface area contributed by atoms with E-state index in [4.69, 9.17) is 4.74 Å². The number of aromatic nitrogens is 2. The molecule has 8 heteroatoms. The Morgan fingerprint density at radius 1 is 1.28 bits per heavy atom. The third-order valence-electron chi connectivity index (χ3n) is 5.46. The highest BCUT2D eigenvalue weighted by molar-refractivity contribution is 7.89. The quantitative estimate of drug-likeness (QED) is 0.692. The lowest BCUT2D eigenvalue weighted by Gasteiger charge is -2.31. The molecule has 29 heavy (non-hydrogen) atoms. The summed E-state index contributed by atoms with van der Waals surface area (Å²) < 4.78 is 30.7. The molecule has 2 aromatic heterocycles. The summed E-state index contributed by atoms with van der Waals surface area (Å²) >= 11 is 0. The molecule has 0 saturated carbocycles. The Hall–Kier alpha value is -2.58. The predicted molar refractivity (Wildman–Crippen MR) is 115 cm³/mol. The molecule has 1 N–H and O–H groups in total. The molecule has 0 spiro atoms. The van der Waals surface area contributed by atoms with Crippen LogP contribution in [0.1, 0.15) is 18.1 Å². The zero-order valence-electron chi connectivity index (χ0n) is 17.0. The van der Waals surface area contributed by atoms with Crippen molar-refractivity contribution in [1.82, 2.24) is 9.55 Å². The van der Waals surface area contributed by atoms with E-state index in [1.54, 1.807) is 18.7 Å². The molecule has 154 valence electrons. The molecule has 3 aromatic rings. The van der Waals surface area contributed by atoms with Gasteiger partial charge in [0.05, 0.1) is 12.4 Å². The molecule has 0 radical (unpaired) electrons. The maximum absolute atomic E-state index is 12.6. The van der Waals surface area contributed by atoms with Gasteiger partial charge in [-0.25, -0.2) is 8.42 Å². The highest BCUT2D eigenvalue weighted by Gasteiger charge is 2.27. The fourth-order valence-electron chi connectivity index (χ4n) is 4.20. The van der Waals surface area contributed by atoms with Crippen molar-refractivity contribution in [3.8, 4) is 11.1 Å². The molecule has 1 unspecified atom stereocenters. The number of sulfone groups is 1. The van der Waals surface area contributed by atoms with Gasteiger partial charge in [0.1, 0.15) is 5.52 Å². The first kappa shape index (κ1) is 19.7. The first-order valence-corrected chi connectivity index (χ1v) is 11.5.